The third-order valence-corrected chi connectivity index (χ3v) is 6.81. The Hall–Kier alpha value is -4.17. The van der Waals surface area contributed by atoms with Crippen molar-refractivity contribution in [1.82, 2.24) is 15.1 Å². The van der Waals surface area contributed by atoms with Crippen molar-refractivity contribution in [3.63, 3.8) is 0 Å². The monoisotopic (exact) mass is 518 g/mol. The molecule has 2 atom stereocenters. The molecule has 7 nitrogen and oxygen atoms in total. The van der Waals surface area contributed by atoms with E-state index in [1.165, 1.54) is 34.1 Å². The van der Waals surface area contributed by atoms with Crippen molar-refractivity contribution in [3.8, 4) is 0 Å². The van der Waals surface area contributed by atoms with Gasteiger partial charge in [-0.05, 0) is 54.4 Å². The molecule has 0 aliphatic carbocycles. The minimum Gasteiger partial charge on any atom is -0.326 e. The van der Waals surface area contributed by atoms with E-state index in [2.05, 4.69) is 10.6 Å². The van der Waals surface area contributed by atoms with Gasteiger partial charge in [0.2, 0.25) is 0 Å². The first-order chi connectivity index (χ1) is 17.9. The first-order valence-electron chi connectivity index (χ1n) is 11.9. The number of urea groups is 1. The second kappa shape index (κ2) is 10.1. The lowest BCUT2D eigenvalue weighted by atomic mass is 9.95. The summed E-state index contributed by atoms with van der Waals surface area (Å²) in [5, 5.41) is 6.27. The predicted molar refractivity (Wildman–Crippen MR) is 138 cm³/mol. The fraction of sp³-hybridized carbons (Fsp3) is 0.179. The first-order valence-corrected chi connectivity index (χ1v) is 12.2. The number of nitrogens with zero attached hydrogens (tertiary/aromatic N) is 2. The number of benzene rings is 3. The summed E-state index contributed by atoms with van der Waals surface area (Å²) in [6, 6.07) is 19.3. The van der Waals surface area contributed by atoms with Crippen LogP contribution in [-0.4, -0.2) is 40.7 Å². The van der Waals surface area contributed by atoms with Gasteiger partial charge in [0, 0.05) is 17.3 Å². The minimum atomic E-state index is -0.982. The van der Waals surface area contributed by atoms with E-state index in [0.29, 0.717) is 39.7 Å². The van der Waals surface area contributed by atoms with Gasteiger partial charge >= 0.3 is 6.03 Å². The number of carbonyl (C=O) groups is 3. The molecule has 0 fully saturated rings. The van der Waals surface area contributed by atoms with Crippen LogP contribution in [0.1, 0.15) is 30.1 Å². The fourth-order valence-corrected chi connectivity index (χ4v) is 4.94. The van der Waals surface area contributed by atoms with E-state index in [9.17, 15) is 18.8 Å². The molecule has 37 heavy (non-hydrogen) atoms. The maximum Gasteiger partial charge on any atom is 0.322 e. The highest BCUT2D eigenvalue weighted by atomic mass is 35.5. The summed E-state index contributed by atoms with van der Waals surface area (Å²) in [4.78, 5) is 43.6. The highest BCUT2D eigenvalue weighted by Crippen LogP contribution is 2.40. The van der Waals surface area contributed by atoms with Gasteiger partial charge in [-0.25, -0.2) is 9.18 Å². The van der Waals surface area contributed by atoms with Crippen LogP contribution < -0.4 is 10.6 Å². The normalized spacial score (nSPS) is 18.0. The Balaban J connectivity index is 1.53. The standard InChI is InChI=1S/C28H24ClFN4O3/c1-2-33-22-16-34(27(36)23(22)24(32-28(33)37)17-8-10-19(29)11-9-17)25(18-6-4-3-5-7-18)26(35)31-21-14-12-20(30)13-15-21/h3-15,24-25H,2,16H2,1H3,(H,31,35)(H,32,37)/t24-,25-/m1/s1. The highest BCUT2D eigenvalue weighted by molar-refractivity contribution is 6.30. The van der Waals surface area contributed by atoms with Gasteiger partial charge in [-0.1, -0.05) is 54.1 Å². The average Bonchev–Trinajstić information content (AvgIpc) is 3.22. The number of hydrogen-bond acceptors (Lipinski definition) is 3. The van der Waals surface area contributed by atoms with E-state index < -0.39 is 23.8 Å². The molecule has 0 spiro atoms. The fourth-order valence-electron chi connectivity index (χ4n) is 4.81. The number of likely N-dealkylation sites (N-methyl/N-ethyl adjacent to an activating group) is 1. The number of nitrogens with one attached hydrogen (secondary N) is 2. The van der Waals surface area contributed by atoms with Crippen LogP contribution in [0.15, 0.2) is 90.1 Å². The predicted octanol–water partition coefficient (Wildman–Crippen LogP) is 5.04. The molecule has 2 aliphatic heterocycles. The summed E-state index contributed by atoms with van der Waals surface area (Å²) >= 11 is 6.06. The summed E-state index contributed by atoms with van der Waals surface area (Å²) in [5.41, 5.74) is 2.71. The van der Waals surface area contributed by atoms with Crippen molar-refractivity contribution >= 4 is 35.1 Å². The zero-order valence-corrected chi connectivity index (χ0v) is 20.7. The van der Waals surface area contributed by atoms with E-state index in [1.807, 2.05) is 13.0 Å². The van der Waals surface area contributed by atoms with Gasteiger partial charge in [-0.15, -0.1) is 0 Å². The lowest BCUT2D eigenvalue weighted by Crippen LogP contribution is -2.47. The van der Waals surface area contributed by atoms with Crippen molar-refractivity contribution in [2.24, 2.45) is 0 Å². The van der Waals surface area contributed by atoms with Crippen molar-refractivity contribution in [2.75, 3.05) is 18.4 Å². The molecule has 2 heterocycles. The zero-order valence-electron chi connectivity index (χ0n) is 19.9. The molecule has 0 saturated carbocycles. The van der Waals surface area contributed by atoms with Crippen molar-refractivity contribution in [3.05, 3.63) is 112 Å². The Morgan fingerprint density at radius 3 is 2.38 bits per heavy atom. The molecular formula is C28H24ClFN4O3. The van der Waals surface area contributed by atoms with Gasteiger partial charge in [-0.2, -0.15) is 0 Å². The van der Waals surface area contributed by atoms with Gasteiger partial charge in [-0.3, -0.25) is 14.5 Å². The van der Waals surface area contributed by atoms with Gasteiger partial charge in [0.1, 0.15) is 11.9 Å². The van der Waals surface area contributed by atoms with Gasteiger partial charge < -0.3 is 15.5 Å². The third-order valence-electron chi connectivity index (χ3n) is 6.56. The average molecular weight is 519 g/mol. The summed E-state index contributed by atoms with van der Waals surface area (Å²) in [5.74, 6) is -1.22. The van der Waals surface area contributed by atoms with Crippen molar-refractivity contribution in [1.29, 1.82) is 0 Å². The van der Waals surface area contributed by atoms with Gasteiger partial charge in [0.15, 0.2) is 0 Å². The zero-order chi connectivity index (χ0) is 26.1. The molecule has 0 unspecified atom stereocenters. The molecule has 2 aliphatic rings. The summed E-state index contributed by atoms with van der Waals surface area (Å²) in [6.45, 7) is 2.27. The number of carbonyl (C=O) groups excluding carboxylic acids is 3. The number of anilines is 1. The molecule has 188 valence electrons. The molecule has 0 saturated heterocycles. The van der Waals surface area contributed by atoms with Crippen LogP contribution in [0.3, 0.4) is 0 Å². The summed E-state index contributed by atoms with van der Waals surface area (Å²) in [6.07, 6.45) is 0. The molecule has 0 aromatic heterocycles. The Kier molecular flexibility index (Phi) is 6.67. The molecule has 5 rings (SSSR count). The molecule has 9 heteroatoms. The molecule has 4 amide bonds. The smallest absolute Gasteiger partial charge is 0.322 e. The lowest BCUT2D eigenvalue weighted by Gasteiger charge is -2.32. The van der Waals surface area contributed by atoms with Crippen molar-refractivity contribution in [2.45, 2.75) is 19.0 Å². The van der Waals surface area contributed by atoms with Gasteiger partial charge in [0.05, 0.1) is 23.9 Å². The van der Waals surface area contributed by atoms with Crippen LogP contribution in [-0.2, 0) is 9.59 Å². The lowest BCUT2D eigenvalue weighted by molar-refractivity contribution is -0.134. The quantitative estimate of drug-likeness (QED) is 0.479. The number of hydrogen-bond donors (Lipinski definition) is 2. The molecule has 0 bridgehead atoms. The van der Waals surface area contributed by atoms with E-state index in [0.717, 1.165) is 0 Å². The Morgan fingerprint density at radius 2 is 1.73 bits per heavy atom. The van der Waals surface area contributed by atoms with Crippen molar-refractivity contribution < 1.29 is 18.8 Å². The van der Waals surface area contributed by atoms with E-state index >= 15 is 0 Å². The SMILES string of the molecule is CCN1C(=O)N[C@H](c2ccc(Cl)cc2)C2=C1CN([C@@H](C(=O)Nc1ccc(F)cc1)c1ccccc1)C2=O. The maximum atomic E-state index is 14.0. The highest BCUT2D eigenvalue weighted by Gasteiger charge is 2.47. The maximum absolute atomic E-state index is 14.0. The van der Waals surface area contributed by atoms with E-state index in [1.54, 1.807) is 48.5 Å². The van der Waals surface area contributed by atoms with Crippen LogP contribution in [0.25, 0.3) is 0 Å². The van der Waals surface area contributed by atoms with Gasteiger partial charge in [0.25, 0.3) is 11.8 Å². The number of amides is 4. The molecule has 0 radical (unpaired) electrons. The Morgan fingerprint density at radius 1 is 1.05 bits per heavy atom. The van der Waals surface area contributed by atoms with Crippen LogP contribution >= 0.6 is 11.6 Å². The molecule has 3 aromatic carbocycles. The number of rotatable bonds is 6. The van der Waals surface area contributed by atoms with Crippen LogP contribution in [0.2, 0.25) is 5.02 Å². The third kappa shape index (κ3) is 4.68. The number of halogens is 2. The van der Waals surface area contributed by atoms with Crippen LogP contribution in [0, 0.1) is 5.82 Å². The largest absolute Gasteiger partial charge is 0.326 e. The topological polar surface area (TPSA) is 81.8 Å². The molecular weight excluding hydrogens is 495 g/mol. The first kappa shape index (κ1) is 24.5. The summed E-state index contributed by atoms with van der Waals surface area (Å²) < 4.78 is 13.4. The van der Waals surface area contributed by atoms with E-state index in [4.69, 9.17) is 11.6 Å². The van der Waals surface area contributed by atoms with Crippen LogP contribution in [0.4, 0.5) is 14.9 Å². The second-order valence-corrected chi connectivity index (χ2v) is 9.22. The molecule has 3 aromatic rings. The molecule has 2 N–H and O–H groups in total. The van der Waals surface area contributed by atoms with Crippen LogP contribution in [0.5, 0.6) is 0 Å². The summed E-state index contributed by atoms with van der Waals surface area (Å²) in [7, 11) is 0. The van der Waals surface area contributed by atoms with E-state index in [-0.39, 0.29) is 18.5 Å². The second-order valence-electron chi connectivity index (χ2n) is 8.78. The Labute approximate surface area is 218 Å². The minimum absolute atomic E-state index is 0.0793. The Bertz CT molecular complexity index is 1380.